The summed E-state index contributed by atoms with van der Waals surface area (Å²) in [7, 11) is 1.77. The molecule has 138 valence electrons. The van der Waals surface area contributed by atoms with Crippen molar-refractivity contribution in [1.82, 2.24) is 15.5 Å². The van der Waals surface area contributed by atoms with Crippen molar-refractivity contribution in [3.8, 4) is 5.75 Å². The van der Waals surface area contributed by atoms with E-state index in [-0.39, 0.29) is 17.7 Å². The number of halogens is 1. The van der Waals surface area contributed by atoms with Crippen LogP contribution in [0.5, 0.6) is 5.75 Å². The summed E-state index contributed by atoms with van der Waals surface area (Å²) < 4.78 is 19.3. The van der Waals surface area contributed by atoms with Crippen LogP contribution in [0.3, 0.4) is 0 Å². The monoisotopic (exact) mass is 348 g/mol. The van der Waals surface area contributed by atoms with Crippen LogP contribution >= 0.6 is 0 Å². The van der Waals surface area contributed by atoms with Crippen molar-refractivity contribution in [3.63, 3.8) is 0 Å². The molecule has 1 aromatic rings. The average molecular weight is 348 g/mol. The molecule has 0 aromatic heterocycles. The van der Waals surface area contributed by atoms with Gasteiger partial charge in [0.15, 0.2) is 17.5 Å². The largest absolute Gasteiger partial charge is 0.486 e. The standard InChI is InChI=1S/C19H29FN4O/c1-13-10-15(12-24(13)16-8-9-16)23-19(21-3)22-11-14(2)25-18-7-5-4-6-17(18)20/h4-7,13-16H,8-12H2,1-3H3,(H2,21,22,23). The first-order valence-corrected chi connectivity index (χ1v) is 9.21. The Kier molecular flexibility index (Phi) is 5.78. The van der Waals surface area contributed by atoms with Crippen LogP contribution in [0.2, 0.25) is 0 Å². The summed E-state index contributed by atoms with van der Waals surface area (Å²) in [5.41, 5.74) is 0. The summed E-state index contributed by atoms with van der Waals surface area (Å²) in [6, 6.07) is 8.33. The van der Waals surface area contributed by atoms with Crippen molar-refractivity contribution in [3.05, 3.63) is 30.1 Å². The van der Waals surface area contributed by atoms with Crippen LogP contribution < -0.4 is 15.4 Å². The van der Waals surface area contributed by atoms with Crippen LogP contribution in [0.25, 0.3) is 0 Å². The van der Waals surface area contributed by atoms with Gasteiger partial charge in [0, 0.05) is 31.7 Å². The van der Waals surface area contributed by atoms with Crippen molar-refractivity contribution in [2.24, 2.45) is 4.99 Å². The van der Waals surface area contributed by atoms with Gasteiger partial charge in [-0.3, -0.25) is 9.89 Å². The highest BCUT2D eigenvalue weighted by Crippen LogP contribution is 2.33. The number of nitrogens with one attached hydrogen (secondary N) is 2. The lowest BCUT2D eigenvalue weighted by Gasteiger charge is -2.21. The zero-order valence-electron chi connectivity index (χ0n) is 15.3. The molecule has 1 saturated carbocycles. The summed E-state index contributed by atoms with van der Waals surface area (Å²) in [6.45, 7) is 5.86. The minimum Gasteiger partial charge on any atom is -0.486 e. The molecule has 1 aromatic carbocycles. The van der Waals surface area contributed by atoms with E-state index in [1.807, 2.05) is 6.92 Å². The first-order chi connectivity index (χ1) is 12.1. The SMILES string of the molecule is CN=C(NCC(C)Oc1ccccc1F)NC1CC(C)N(C2CC2)C1. The number of nitrogens with zero attached hydrogens (tertiary/aromatic N) is 2. The van der Waals surface area contributed by atoms with Crippen LogP contribution in [0, 0.1) is 5.82 Å². The minimum atomic E-state index is -0.336. The van der Waals surface area contributed by atoms with E-state index >= 15 is 0 Å². The Bertz CT molecular complexity index is 605. The highest BCUT2D eigenvalue weighted by molar-refractivity contribution is 5.80. The second kappa shape index (κ2) is 8.04. The Morgan fingerprint density at radius 1 is 1.40 bits per heavy atom. The quantitative estimate of drug-likeness (QED) is 0.612. The Labute approximate surface area is 149 Å². The van der Waals surface area contributed by atoms with Crippen molar-refractivity contribution < 1.29 is 9.13 Å². The van der Waals surface area contributed by atoms with Gasteiger partial charge in [0.25, 0.3) is 0 Å². The first kappa shape index (κ1) is 18.0. The van der Waals surface area contributed by atoms with Gasteiger partial charge in [-0.15, -0.1) is 0 Å². The van der Waals surface area contributed by atoms with Crippen LogP contribution in [0.1, 0.15) is 33.1 Å². The van der Waals surface area contributed by atoms with Crippen molar-refractivity contribution in [1.29, 1.82) is 0 Å². The highest BCUT2D eigenvalue weighted by atomic mass is 19.1. The lowest BCUT2D eigenvalue weighted by atomic mass is 10.2. The van der Waals surface area contributed by atoms with Gasteiger partial charge in [-0.25, -0.2) is 4.39 Å². The van der Waals surface area contributed by atoms with Gasteiger partial charge in [-0.1, -0.05) is 12.1 Å². The molecular formula is C19H29FN4O. The van der Waals surface area contributed by atoms with E-state index in [0.717, 1.165) is 25.0 Å². The molecule has 0 bridgehead atoms. The number of rotatable bonds is 6. The lowest BCUT2D eigenvalue weighted by molar-refractivity contribution is 0.214. The number of aliphatic imine (C=N–C) groups is 1. The molecule has 0 amide bonds. The summed E-state index contributed by atoms with van der Waals surface area (Å²) in [6.07, 6.45) is 3.66. The molecule has 1 saturated heterocycles. The molecule has 2 fully saturated rings. The second-order valence-electron chi connectivity index (χ2n) is 7.17. The zero-order chi connectivity index (χ0) is 17.8. The number of ether oxygens (including phenoxy) is 1. The molecule has 3 unspecified atom stereocenters. The fraction of sp³-hybridized carbons (Fsp3) is 0.632. The van der Waals surface area contributed by atoms with Crippen LogP contribution in [0.4, 0.5) is 4.39 Å². The van der Waals surface area contributed by atoms with E-state index in [1.54, 1.807) is 25.2 Å². The molecule has 6 heteroatoms. The number of hydrogen-bond donors (Lipinski definition) is 2. The Hall–Kier alpha value is -1.82. The molecule has 25 heavy (non-hydrogen) atoms. The van der Waals surface area contributed by atoms with Gasteiger partial charge in [-0.2, -0.15) is 0 Å². The van der Waals surface area contributed by atoms with E-state index < -0.39 is 0 Å². The molecule has 3 rings (SSSR count). The highest BCUT2D eigenvalue weighted by Gasteiger charge is 2.38. The molecule has 1 aliphatic carbocycles. The van der Waals surface area contributed by atoms with Gasteiger partial charge in [0.2, 0.25) is 0 Å². The maximum atomic E-state index is 13.6. The molecular weight excluding hydrogens is 319 g/mol. The summed E-state index contributed by atoms with van der Waals surface area (Å²) in [5, 5.41) is 6.79. The smallest absolute Gasteiger partial charge is 0.191 e. The summed E-state index contributed by atoms with van der Waals surface area (Å²) in [5.74, 6) is 0.722. The van der Waals surface area contributed by atoms with Crippen LogP contribution in [0.15, 0.2) is 29.3 Å². The molecule has 0 radical (unpaired) electrons. The van der Waals surface area contributed by atoms with Gasteiger partial charge in [0.05, 0.1) is 6.54 Å². The maximum Gasteiger partial charge on any atom is 0.191 e. The molecule has 2 N–H and O–H groups in total. The van der Waals surface area contributed by atoms with Gasteiger partial charge in [-0.05, 0) is 45.2 Å². The third-order valence-corrected chi connectivity index (χ3v) is 4.93. The van der Waals surface area contributed by atoms with E-state index in [4.69, 9.17) is 4.74 Å². The number of para-hydroxylation sites is 1. The minimum absolute atomic E-state index is 0.166. The maximum absolute atomic E-state index is 13.6. The van der Waals surface area contributed by atoms with Crippen LogP contribution in [-0.2, 0) is 0 Å². The summed E-state index contributed by atoms with van der Waals surface area (Å²) >= 11 is 0. The van der Waals surface area contributed by atoms with Gasteiger partial charge < -0.3 is 15.4 Å². The second-order valence-corrected chi connectivity index (χ2v) is 7.17. The molecule has 0 spiro atoms. The van der Waals surface area contributed by atoms with Crippen molar-refractivity contribution in [2.45, 2.75) is 57.3 Å². The molecule has 1 aliphatic heterocycles. The average Bonchev–Trinajstić information content (AvgIpc) is 3.37. The lowest BCUT2D eigenvalue weighted by Crippen LogP contribution is -2.47. The Morgan fingerprint density at radius 3 is 2.84 bits per heavy atom. The molecule has 1 heterocycles. The van der Waals surface area contributed by atoms with Gasteiger partial charge >= 0.3 is 0 Å². The summed E-state index contributed by atoms with van der Waals surface area (Å²) in [4.78, 5) is 6.91. The van der Waals surface area contributed by atoms with E-state index in [9.17, 15) is 4.39 Å². The van der Waals surface area contributed by atoms with E-state index in [0.29, 0.717) is 18.6 Å². The number of guanidine groups is 1. The Morgan fingerprint density at radius 2 is 2.16 bits per heavy atom. The fourth-order valence-electron chi connectivity index (χ4n) is 3.50. The first-order valence-electron chi connectivity index (χ1n) is 9.21. The Balaban J connectivity index is 1.44. The normalized spacial score (nSPS) is 25.7. The van der Waals surface area contributed by atoms with Gasteiger partial charge in [0.1, 0.15) is 6.10 Å². The van der Waals surface area contributed by atoms with E-state index in [2.05, 4.69) is 27.4 Å². The molecule has 2 aliphatic rings. The molecule has 3 atom stereocenters. The van der Waals surface area contributed by atoms with E-state index in [1.165, 1.54) is 18.9 Å². The number of hydrogen-bond acceptors (Lipinski definition) is 3. The zero-order valence-corrected chi connectivity index (χ0v) is 15.3. The van der Waals surface area contributed by atoms with Crippen LogP contribution in [-0.4, -0.2) is 55.2 Å². The fourth-order valence-corrected chi connectivity index (χ4v) is 3.50. The predicted molar refractivity (Wildman–Crippen MR) is 98.6 cm³/mol. The topological polar surface area (TPSA) is 48.9 Å². The third kappa shape index (κ3) is 4.84. The molecule has 5 nitrogen and oxygen atoms in total. The van der Waals surface area contributed by atoms with Crippen molar-refractivity contribution in [2.75, 3.05) is 20.1 Å². The van der Waals surface area contributed by atoms with Crippen molar-refractivity contribution >= 4 is 5.96 Å². The number of likely N-dealkylation sites (tertiary alicyclic amines) is 1. The third-order valence-electron chi connectivity index (χ3n) is 4.93. The number of benzene rings is 1. The predicted octanol–water partition coefficient (Wildman–Crippen LogP) is 2.38.